The quantitative estimate of drug-likeness (QED) is 0.430. The second kappa shape index (κ2) is 8.46. The third-order valence-corrected chi connectivity index (χ3v) is 6.36. The molecule has 5 rings (SSSR count). The van der Waals surface area contributed by atoms with Gasteiger partial charge >= 0.3 is 6.03 Å². The van der Waals surface area contributed by atoms with Gasteiger partial charge in [0, 0.05) is 43.1 Å². The first-order valence-corrected chi connectivity index (χ1v) is 10.8. The minimum absolute atomic E-state index is 0.0947. The lowest BCUT2D eigenvalue weighted by molar-refractivity contribution is 0.219. The van der Waals surface area contributed by atoms with Crippen LogP contribution in [0.25, 0.3) is 31.8 Å². The molecule has 2 N–H and O–H groups in total. The molecule has 1 fully saturated rings. The van der Waals surface area contributed by atoms with Gasteiger partial charge in [0.25, 0.3) is 0 Å². The molecule has 4 aromatic rings. The molecule has 7 nitrogen and oxygen atoms in total. The molecule has 1 aromatic carbocycles. The summed E-state index contributed by atoms with van der Waals surface area (Å²) in [6.45, 7) is 2.23. The van der Waals surface area contributed by atoms with E-state index in [2.05, 4.69) is 25.6 Å². The van der Waals surface area contributed by atoms with E-state index in [1.807, 2.05) is 24.3 Å². The summed E-state index contributed by atoms with van der Waals surface area (Å²) in [6.07, 6.45) is 2.56. The van der Waals surface area contributed by atoms with Gasteiger partial charge in [0.1, 0.15) is 5.69 Å². The van der Waals surface area contributed by atoms with Gasteiger partial charge in [-0.3, -0.25) is 0 Å². The monoisotopic (exact) mass is 452 g/mol. The van der Waals surface area contributed by atoms with E-state index in [0.717, 1.165) is 21.8 Å². The number of hydrogen-bond acceptors (Lipinski definition) is 6. The van der Waals surface area contributed by atoms with E-state index >= 15 is 0 Å². The minimum Gasteiger partial charge on any atom is -0.352 e. The molecule has 1 aliphatic heterocycles. The fourth-order valence-corrected chi connectivity index (χ4v) is 4.82. The summed E-state index contributed by atoms with van der Waals surface area (Å²) in [7, 11) is 0. The van der Waals surface area contributed by atoms with Gasteiger partial charge in [0.2, 0.25) is 11.9 Å². The SMILES string of the molecule is O=C1NCCN1CCNc1ncc(F)c(-c2cc3cccc(-c4ccnc(F)c4)c3s2)n1. The molecule has 0 unspecified atom stereocenters. The molecule has 2 amide bonds. The summed E-state index contributed by atoms with van der Waals surface area (Å²) >= 11 is 1.38. The second-order valence-corrected chi connectivity index (χ2v) is 8.29. The average Bonchev–Trinajstić information content (AvgIpc) is 3.40. The van der Waals surface area contributed by atoms with Crippen LogP contribution < -0.4 is 10.6 Å². The third-order valence-electron chi connectivity index (χ3n) is 5.17. The largest absolute Gasteiger partial charge is 0.352 e. The number of amides is 2. The van der Waals surface area contributed by atoms with E-state index in [-0.39, 0.29) is 17.7 Å². The number of pyridine rings is 1. The number of hydrogen-bond donors (Lipinski definition) is 2. The summed E-state index contributed by atoms with van der Waals surface area (Å²) in [6, 6.07) is 10.6. The highest BCUT2D eigenvalue weighted by molar-refractivity contribution is 7.22. The Kier molecular flexibility index (Phi) is 5.36. The van der Waals surface area contributed by atoms with Crippen molar-refractivity contribution in [3.63, 3.8) is 0 Å². The number of fused-ring (bicyclic) bond motifs is 1. The van der Waals surface area contributed by atoms with Crippen LogP contribution in [0.4, 0.5) is 19.5 Å². The average molecular weight is 452 g/mol. The van der Waals surface area contributed by atoms with Crippen molar-refractivity contribution < 1.29 is 13.6 Å². The third kappa shape index (κ3) is 3.96. The Hall–Kier alpha value is -3.66. The number of carbonyl (C=O) groups is 1. The molecule has 32 heavy (non-hydrogen) atoms. The number of urea groups is 1. The number of rotatable bonds is 6. The van der Waals surface area contributed by atoms with Crippen molar-refractivity contribution in [2.75, 3.05) is 31.5 Å². The van der Waals surface area contributed by atoms with E-state index in [0.29, 0.717) is 36.6 Å². The maximum Gasteiger partial charge on any atom is 0.317 e. The van der Waals surface area contributed by atoms with E-state index in [9.17, 15) is 13.6 Å². The lowest BCUT2D eigenvalue weighted by atomic mass is 10.1. The van der Waals surface area contributed by atoms with Crippen LogP contribution in [0.1, 0.15) is 0 Å². The molecule has 10 heteroatoms. The van der Waals surface area contributed by atoms with Crippen LogP contribution in [0.5, 0.6) is 0 Å². The number of anilines is 1. The van der Waals surface area contributed by atoms with Crippen LogP contribution in [0, 0.1) is 11.8 Å². The van der Waals surface area contributed by atoms with Crippen molar-refractivity contribution in [1.82, 2.24) is 25.2 Å². The van der Waals surface area contributed by atoms with Gasteiger partial charge < -0.3 is 15.5 Å². The van der Waals surface area contributed by atoms with Gasteiger partial charge in [-0.05, 0) is 28.6 Å². The zero-order chi connectivity index (χ0) is 22.1. The van der Waals surface area contributed by atoms with Crippen molar-refractivity contribution in [3.05, 3.63) is 60.6 Å². The van der Waals surface area contributed by atoms with Crippen LogP contribution >= 0.6 is 11.3 Å². The molecule has 0 aliphatic carbocycles. The molecule has 162 valence electrons. The van der Waals surface area contributed by atoms with Gasteiger partial charge in [0.15, 0.2) is 5.82 Å². The van der Waals surface area contributed by atoms with Crippen molar-refractivity contribution >= 4 is 33.4 Å². The van der Waals surface area contributed by atoms with Gasteiger partial charge in [-0.15, -0.1) is 11.3 Å². The number of nitrogens with one attached hydrogen (secondary N) is 2. The predicted molar refractivity (Wildman–Crippen MR) is 119 cm³/mol. The summed E-state index contributed by atoms with van der Waals surface area (Å²) in [5.74, 6) is -0.798. The topological polar surface area (TPSA) is 83.0 Å². The van der Waals surface area contributed by atoms with Crippen LogP contribution in [-0.2, 0) is 0 Å². The standard InChI is InChI=1S/C22H18F2N6OS/c23-16-12-28-21(26-6-8-30-9-7-27-22(30)31)29-19(16)17-10-14-2-1-3-15(20(14)32-17)13-4-5-25-18(24)11-13/h1-5,10-12H,6-9H2,(H,27,31)(H,26,28,29). The Balaban J connectivity index is 1.43. The van der Waals surface area contributed by atoms with Crippen LogP contribution in [0.15, 0.2) is 48.8 Å². The number of thiophene rings is 1. The maximum absolute atomic E-state index is 14.6. The smallest absolute Gasteiger partial charge is 0.317 e. The van der Waals surface area contributed by atoms with Crippen LogP contribution in [-0.4, -0.2) is 52.1 Å². The van der Waals surface area contributed by atoms with Crippen LogP contribution in [0.3, 0.4) is 0 Å². The molecule has 3 aromatic heterocycles. The maximum atomic E-state index is 14.6. The zero-order valence-electron chi connectivity index (χ0n) is 16.8. The molecule has 0 saturated carbocycles. The Labute approximate surface area is 186 Å². The van der Waals surface area contributed by atoms with Crippen molar-refractivity contribution in [2.24, 2.45) is 0 Å². The van der Waals surface area contributed by atoms with E-state index in [1.54, 1.807) is 11.0 Å². The Morgan fingerprint density at radius 3 is 2.91 bits per heavy atom. The summed E-state index contributed by atoms with van der Waals surface area (Å²) in [5.41, 5.74) is 1.74. The number of aromatic nitrogens is 3. The summed E-state index contributed by atoms with van der Waals surface area (Å²) < 4.78 is 29.2. The van der Waals surface area contributed by atoms with E-state index in [4.69, 9.17) is 0 Å². The van der Waals surface area contributed by atoms with E-state index < -0.39 is 11.8 Å². The highest BCUT2D eigenvalue weighted by Crippen LogP contribution is 2.39. The summed E-state index contributed by atoms with van der Waals surface area (Å²) in [4.78, 5) is 25.9. The first kappa shape index (κ1) is 20.3. The molecule has 1 aliphatic rings. The Morgan fingerprint density at radius 2 is 2.09 bits per heavy atom. The van der Waals surface area contributed by atoms with Gasteiger partial charge in [0.05, 0.1) is 11.1 Å². The molecular formula is C22H18F2N6OS. The fourth-order valence-electron chi connectivity index (χ4n) is 3.63. The lowest BCUT2D eigenvalue weighted by Gasteiger charge is -2.14. The highest BCUT2D eigenvalue weighted by atomic mass is 32.1. The Bertz CT molecular complexity index is 1310. The van der Waals surface area contributed by atoms with Gasteiger partial charge in [-0.1, -0.05) is 18.2 Å². The Morgan fingerprint density at radius 1 is 1.19 bits per heavy atom. The second-order valence-electron chi connectivity index (χ2n) is 7.24. The van der Waals surface area contributed by atoms with Crippen LogP contribution in [0.2, 0.25) is 0 Å². The number of benzene rings is 1. The van der Waals surface area contributed by atoms with Crippen molar-refractivity contribution in [2.45, 2.75) is 0 Å². The van der Waals surface area contributed by atoms with Crippen molar-refractivity contribution in [1.29, 1.82) is 0 Å². The fraction of sp³-hybridized carbons (Fsp3) is 0.182. The summed E-state index contributed by atoms with van der Waals surface area (Å²) in [5, 5.41) is 6.71. The number of carbonyl (C=O) groups excluding carboxylic acids is 1. The van der Waals surface area contributed by atoms with Gasteiger partial charge in [-0.25, -0.2) is 24.1 Å². The number of halogens is 2. The van der Waals surface area contributed by atoms with Gasteiger partial charge in [-0.2, -0.15) is 4.39 Å². The molecule has 0 spiro atoms. The minimum atomic E-state index is -0.555. The zero-order valence-corrected chi connectivity index (χ0v) is 17.6. The van der Waals surface area contributed by atoms with Crippen molar-refractivity contribution in [3.8, 4) is 21.7 Å². The predicted octanol–water partition coefficient (Wildman–Crippen LogP) is 4.14. The molecule has 0 bridgehead atoms. The normalized spacial score (nSPS) is 13.6. The first-order chi connectivity index (χ1) is 15.6. The molecule has 1 saturated heterocycles. The highest BCUT2D eigenvalue weighted by Gasteiger charge is 2.19. The van der Waals surface area contributed by atoms with E-state index in [1.165, 1.54) is 23.6 Å². The molecular weight excluding hydrogens is 434 g/mol. The lowest BCUT2D eigenvalue weighted by Crippen LogP contribution is -2.32. The molecule has 4 heterocycles. The first-order valence-electron chi connectivity index (χ1n) is 10.0. The number of nitrogens with zero attached hydrogens (tertiary/aromatic N) is 4. The molecule has 0 radical (unpaired) electrons. The molecule has 0 atom stereocenters.